The van der Waals surface area contributed by atoms with E-state index in [-0.39, 0.29) is 30.8 Å². The van der Waals surface area contributed by atoms with Gasteiger partial charge in [0.1, 0.15) is 5.75 Å². The number of benzene rings is 1. The number of aliphatic hydroxyl groups excluding tert-OH is 1. The number of rotatable bonds is 3. The second-order valence-corrected chi connectivity index (χ2v) is 5.80. The Bertz CT molecular complexity index is 487. The Kier molecular flexibility index (Phi) is 4.30. The second kappa shape index (κ2) is 5.81. The van der Waals surface area contributed by atoms with Crippen molar-refractivity contribution in [2.45, 2.75) is 32.0 Å². The molecular weight excluding hydrogens is 258 g/mol. The van der Waals surface area contributed by atoms with Crippen molar-refractivity contribution in [1.29, 1.82) is 0 Å². The lowest BCUT2D eigenvalue weighted by Gasteiger charge is -2.42. The third kappa shape index (κ3) is 3.71. The Morgan fingerprint density at radius 1 is 1.50 bits per heavy atom. The van der Waals surface area contributed by atoms with E-state index in [1.807, 2.05) is 19.9 Å². The van der Waals surface area contributed by atoms with Gasteiger partial charge in [-0.05, 0) is 31.5 Å². The first-order chi connectivity index (χ1) is 9.39. The molecule has 0 aromatic heterocycles. The van der Waals surface area contributed by atoms with E-state index in [2.05, 4.69) is 0 Å². The maximum Gasteiger partial charge on any atom is 0.227 e. The van der Waals surface area contributed by atoms with E-state index in [9.17, 15) is 15.0 Å². The molecule has 1 aromatic rings. The fourth-order valence-corrected chi connectivity index (χ4v) is 2.53. The molecule has 110 valence electrons. The number of aliphatic hydroxyl groups is 1. The normalized spacial score (nSPS) is 21.8. The van der Waals surface area contributed by atoms with Crippen LogP contribution in [-0.2, 0) is 16.0 Å². The number of aromatic hydroxyl groups is 1. The summed E-state index contributed by atoms with van der Waals surface area (Å²) < 4.78 is 5.69. The van der Waals surface area contributed by atoms with Crippen LogP contribution in [0, 0.1) is 0 Å². The highest BCUT2D eigenvalue weighted by molar-refractivity contribution is 5.79. The molecule has 1 aliphatic rings. The summed E-state index contributed by atoms with van der Waals surface area (Å²) in [6.07, 6.45) is -0.102. The maximum atomic E-state index is 12.3. The molecular formula is C15H21NO4. The summed E-state index contributed by atoms with van der Waals surface area (Å²) in [6, 6.07) is 6.70. The molecule has 1 amide bonds. The lowest BCUT2D eigenvalue weighted by molar-refractivity contribution is -0.166. The highest BCUT2D eigenvalue weighted by atomic mass is 16.5. The molecule has 1 atom stereocenters. The highest BCUT2D eigenvalue weighted by Gasteiger charge is 2.35. The van der Waals surface area contributed by atoms with Gasteiger partial charge in [-0.1, -0.05) is 12.1 Å². The summed E-state index contributed by atoms with van der Waals surface area (Å²) in [6.45, 7) is 4.62. The maximum absolute atomic E-state index is 12.3. The molecule has 2 rings (SSSR count). The van der Waals surface area contributed by atoms with Crippen LogP contribution in [0.2, 0.25) is 0 Å². The van der Waals surface area contributed by atoms with Crippen LogP contribution in [0.25, 0.3) is 0 Å². The number of carbonyl (C=O) groups is 1. The van der Waals surface area contributed by atoms with E-state index in [1.54, 1.807) is 23.1 Å². The molecule has 1 heterocycles. The van der Waals surface area contributed by atoms with Crippen LogP contribution in [0.3, 0.4) is 0 Å². The van der Waals surface area contributed by atoms with Gasteiger partial charge in [0.05, 0.1) is 24.7 Å². The Hall–Kier alpha value is -1.59. The largest absolute Gasteiger partial charge is 0.508 e. The van der Waals surface area contributed by atoms with Gasteiger partial charge in [0.15, 0.2) is 0 Å². The second-order valence-electron chi connectivity index (χ2n) is 5.80. The molecule has 5 nitrogen and oxygen atoms in total. The molecule has 0 aliphatic carbocycles. The van der Waals surface area contributed by atoms with E-state index < -0.39 is 5.60 Å². The molecule has 0 spiro atoms. The summed E-state index contributed by atoms with van der Waals surface area (Å²) in [4.78, 5) is 14.1. The Morgan fingerprint density at radius 2 is 2.25 bits per heavy atom. The van der Waals surface area contributed by atoms with E-state index in [4.69, 9.17) is 4.74 Å². The number of morpholine rings is 1. The predicted molar refractivity (Wildman–Crippen MR) is 74.4 cm³/mol. The number of hydrogen-bond donors (Lipinski definition) is 2. The average Bonchev–Trinajstić information content (AvgIpc) is 2.36. The quantitative estimate of drug-likeness (QED) is 0.863. The summed E-state index contributed by atoms with van der Waals surface area (Å²) in [5, 5.41) is 18.7. The molecule has 0 saturated carbocycles. The number of nitrogens with zero attached hydrogens (tertiary/aromatic N) is 1. The third-order valence-electron chi connectivity index (χ3n) is 3.30. The van der Waals surface area contributed by atoms with Crippen molar-refractivity contribution in [2.24, 2.45) is 0 Å². The molecule has 1 fully saturated rings. The summed E-state index contributed by atoms with van der Waals surface area (Å²) >= 11 is 0. The smallest absolute Gasteiger partial charge is 0.227 e. The van der Waals surface area contributed by atoms with Gasteiger partial charge >= 0.3 is 0 Å². The van der Waals surface area contributed by atoms with Crippen LogP contribution >= 0.6 is 0 Å². The molecule has 20 heavy (non-hydrogen) atoms. The van der Waals surface area contributed by atoms with Gasteiger partial charge in [-0.15, -0.1) is 0 Å². The first kappa shape index (κ1) is 14.8. The molecule has 1 aliphatic heterocycles. The molecule has 0 radical (unpaired) electrons. The highest BCUT2D eigenvalue weighted by Crippen LogP contribution is 2.22. The lowest BCUT2D eigenvalue weighted by Crippen LogP contribution is -2.55. The molecule has 1 unspecified atom stereocenters. The predicted octanol–water partition coefficient (Wildman–Crippen LogP) is 0.933. The average molecular weight is 279 g/mol. The molecule has 1 aromatic carbocycles. The monoisotopic (exact) mass is 279 g/mol. The molecule has 0 bridgehead atoms. The Balaban J connectivity index is 2.04. The lowest BCUT2D eigenvalue weighted by atomic mass is 10.0. The SMILES string of the molecule is CC1(C)CN(C(=O)Cc2cccc(O)c2)CC(CO)O1. The van der Waals surface area contributed by atoms with Crippen LogP contribution in [0.5, 0.6) is 5.75 Å². The van der Waals surface area contributed by atoms with Crippen LogP contribution < -0.4 is 0 Å². The minimum Gasteiger partial charge on any atom is -0.508 e. The van der Waals surface area contributed by atoms with Crippen molar-refractivity contribution >= 4 is 5.91 Å². The zero-order chi connectivity index (χ0) is 14.8. The number of amides is 1. The van der Waals surface area contributed by atoms with E-state index in [0.717, 1.165) is 5.56 Å². The minimum atomic E-state index is -0.458. The van der Waals surface area contributed by atoms with Gasteiger partial charge in [0, 0.05) is 13.1 Å². The number of phenolic OH excluding ortho intramolecular Hbond substituents is 1. The third-order valence-corrected chi connectivity index (χ3v) is 3.30. The van der Waals surface area contributed by atoms with Crippen molar-refractivity contribution < 1.29 is 19.7 Å². The first-order valence-corrected chi connectivity index (χ1v) is 6.74. The zero-order valence-corrected chi connectivity index (χ0v) is 11.9. The topological polar surface area (TPSA) is 70.0 Å². The fourth-order valence-electron chi connectivity index (χ4n) is 2.53. The number of ether oxygens (including phenoxy) is 1. The number of carbonyl (C=O) groups excluding carboxylic acids is 1. The van der Waals surface area contributed by atoms with Crippen LogP contribution in [0.1, 0.15) is 19.4 Å². The van der Waals surface area contributed by atoms with Gasteiger partial charge in [-0.25, -0.2) is 0 Å². The van der Waals surface area contributed by atoms with Gasteiger partial charge in [0.25, 0.3) is 0 Å². The van der Waals surface area contributed by atoms with Crippen molar-refractivity contribution in [3.63, 3.8) is 0 Å². The Morgan fingerprint density at radius 3 is 2.90 bits per heavy atom. The van der Waals surface area contributed by atoms with Gasteiger partial charge in [0.2, 0.25) is 5.91 Å². The van der Waals surface area contributed by atoms with Gasteiger partial charge in [-0.2, -0.15) is 0 Å². The van der Waals surface area contributed by atoms with Gasteiger partial charge in [-0.3, -0.25) is 4.79 Å². The first-order valence-electron chi connectivity index (χ1n) is 6.74. The van der Waals surface area contributed by atoms with Crippen LogP contribution in [0.4, 0.5) is 0 Å². The van der Waals surface area contributed by atoms with E-state index in [1.165, 1.54) is 0 Å². The molecule has 5 heteroatoms. The van der Waals surface area contributed by atoms with Crippen LogP contribution in [0.15, 0.2) is 24.3 Å². The molecule has 1 saturated heterocycles. The van der Waals surface area contributed by atoms with Crippen molar-refractivity contribution in [2.75, 3.05) is 19.7 Å². The fraction of sp³-hybridized carbons (Fsp3) is 0.533. The van der Waals surface area contributed by atoms with Crippen molar-refractivity contribution in [1.82, 2.24) is 4.90 Å². The molecule has 2 N–H and O–H groups in total. The summed E-state index contributed by atoms with van der Waals surface area (Å²) in [5.41, 5.74) is 0.319. The number of phenols is 1. The standard InChI is InChI=1S/C15H21NO4/c1-15(2)10-16(8-13(9-17)20-15)14(19)7-11-4-3-5-12(18)6-11/h3-6,13,17-18H,7-10H2,1-2H3. The van der Waals surface area contributed by atoms with Gasteiger partial charge < -0.3 is 19.8 Å². The minimum absolute atomic E-state index is 0.0228. The summed E-state index contributed by atoms with van der Waals surface area (Å²) in [7, 11) is 0. The summed E-state index contributed by atoms with van der Waals surface area (Å²) in [5.74, 6) is 0.135. The van der Waals surface area contributed by atoms with Crippen molar-refractivity contribution in [3.8, 4) is 5.75 Å². The Labute approximate surface area is 118 Å². The zero-order valence-electron chi connectivity index (χ0n) is 11.9. The number of hydrogen-bond acceptors (Lipinski definition) is 4. The van der Waals surface area contributed by atoms with E-state index >= 15 is 0 Å². The van der Waals surface area contributed by atoms with E-state index in [0.29, 0.717) is 13.1 Å². The van der Waals surface area contributed by atoms with Crippen molar-refractivity contribution in [3.05, 3.63) is 29.8 Å². The van der Waals surface area contributed by atoms with Crippen LogP contribution in [-0.4, -0.2) is 52.4 Å².